The molecule has 0 saturated heterocycles. The summed E-state index contributed by atoms with van der Waals surface area (Å²) in [6, 6.07) is 3.69. The van der Waals surface area contributed by atoms with Gasteiger partial charge in [0.25, 0.3) is 0 Å². The van der Waals surface area contributed by atoms with Gasteiger partial charge >= 0.3 is 0 Å². The van der Waals surface area contributed by atoms with E-state index in [0.29, 0.717) is 23.0 Å². The summed E-state index contributed by atoms with van der Waals surface area (Å²) in [5.74, 6) is 0.166. The molecule has 1 aliphatic carbocycles. The number of H-pyrrole nitrogens is 1. The molecule has 7 heteroatoms. The van der Waals surface area contributed by atoms with Crippen LogP contribution in [0.15, 0.2) is 12.1 Å². The molecule has 0 radical (unpaired) electrons. The van der Waals surface area contributed by atoms with Crippen molar-refractivity contribution in [3.05, 3.63) is 44.7 Å². The van der Waals surface area contributed by atoms with E-state index in [9.17, 15) is 4.79 Å². The minimum absolute atomic E-state index is 0.0174. The van der Waals surface area contributed by atoms with Crippen molar-refractivity contribution in [1.82, 2.24) is 20.3 Å². The second-order valence-corrected chi connectivity index (χ2v) is 7.41. The molecule has 0 saturated carbocycles. The second-order valence-electron chi connectivity index (χ2n) is 6.57. The molecule has 24 heavy (non-hydrogen) atoms. The topological polar surface area (TPSA) is 61.9 Å². The van der Waals surface area contributed by atoms with Crippen molar-refractivity contribution in [2.45, 2.75) is 38.6 Å². The van der Waals surface area contributed by atoms with Gasteiger partial charge in [-0.2, -0.15) is 15.4 Å². The van der Waals surface area contributed by atoms with Gasteiger partial charge in [0.2, 0.25) is 5.91 Å². The first-order valence-electron chi connectivity index (χ1n) is 8.21. The van der Waals surface area contributed by atoms with Crippen molar-refractivity contribution in [3.8, 4) is 0 Å². The zero-order chi connectivity index (χ0) is 16.8. The molecule has 0 spiro atoms. The minimum atomic E-state index is -0.0266. The van der Waals surface area contributed by atoms with E-state index in [1.54, 1.807) is 6.07 Å². The fourth-order valence-corrected chi connectivity index (χ4v) is 4.49. The molecule has 2 aromatic rings. The molecular weight excluding hydrogens is 347 g/mol. The van der Waals surface area contributed by atoms with Gasteiger partial charge in [-0.15, -0.1) is 0 Å². The molecule has 2 unspecified atom stereocenters. The van der Waals surface area contributed by atoms with E-state index in [-0.39, 0.29) is 17.9 Å². The Morgan fingerprint density at radius 2 is 2.04 bits per heavy atom. The van der Waals surface area contributed by atoms with Crippen molar-refractivity contribution in [2.75, 3.05) is 6.54 Å². The maximum atomic E-state index is 13.1. The summed E-state index contributed by atoms with van der Waals surface area (Å²) in [7, 11) is 0. The molecule has 2 aliphatic rings. The van der Waals surface area contributed by atoms with E-state index in [2.05, 4.69) is 15.4 Å². The van der Waals surface area contributed by atoms with Crippen molar-refractivity contribution in [3.63, 3.8) is 0 Å². The number of benzene rings is 1. The molecule has 1 N–H and O–H groups in total. The van der Waals surface area contributed by atoms with Gasteiger partial charge in [-0.05, 0) is 49.4 Å². The predicted octanol–water partition coefficient (Wildman–Crippen LogP) is 3.36. The highest BCUT2D eigenvalue weighted by molar-refractivity contribution is 6.35. The summed E-state index contributed by atoms with van der Waals surface area (Å²) in [5.41, 5.74) is 4.09. The standard InChI is InChI=1S/C17H18Cl2N4O/c1-9-13-7-11(18)8-14(19)12(13)4-5-23(9)17(24)10-2-3-15-16(6-10)21-22-20-15/h7-10H,2-6H2,1H3,(H,20,21,22). The van der Waals surface area contributed by atoms with E-state index in [1.807, 2.05) is 17.9 Å². The summed E-state index contributed by atoms with van der Waals surface area (Å²) >= 11 is 12.5. The quantitative estimate of drug-likeness (QED) is 0.843. The van der Waals surface area contributed by atoms with Crippen molar-refractivity contribution >= 4 is 29.1 Å². The minimum Gasteiger partial charge on any atom is -0.335 e. The molecule has 5 nitrogen and oxygen atoms in total. The van der Waals surface area contributed by atoms with Crippen LogP contribution < -0.4 is 0 Å². The summed E-state index contributed by atoms with van der Waals surface area (Å²) in [5, 5.41) is 12.3. The number of fused-ring (bicyclic) bond motifs is 2. The Morgan fingerprint density at radius 1 is 1.25 bits per heavy atom. The van der Waals surface area contributed by atoms with Crippen molar-refractivity contribution in [2.24, 2.45) is 5.92 Å². The number of nitrogens with zero attached hydrogens (tertiary/aromatic N) is 3. The number of carbonyl (C=O) groups excluding carboxylic acids is 1. The van der Waals surface area contributed by atoms with Gasteiger partial charge in [-0.1, -0.05) is 23.2 Å². The lowest BCUT2D eigenvalue weighted by Gasteiger charge is -2.38. The molecule has 2 atom stereocenters. The summed E-state index contributed by atoms with van der Waals surface area (Å²) in [6.07, 6.45) is 3.06. The van der Waals surface area contributed by atoms with Crippen LogP contribution in [-0.2, 0) is 24.1 Å². The Kier molecular flexibility index (Phi) is 4.01. The van der Waals surface area contributed by atoms with Gasteiger partial charge in [0.15, 0.2) is 0 Å². The van der Waals surface area contributed by atoms with Gasteiger partial charge in [-0.3, -0.25) is 4.79 Å². The van der Waals surface area contributed by atoms with Crippen LogP contribution in [0, 0.1) is 5.92 Å². The van der Waals surface area contributed by atoms with Crippen LogP contribution in [0.25, 0.3) is 0 Å². The summed E-state index contributed by atoms with van der Waals surface area (Å²) in [4.78, 5) is 15.0. The van der Waals surface area contributed by atoms with Crippen LogP contribution >= 0.6 is 23.2 Å². The van der Waals surface area contributed by atoms with E-state index in [1.165, 1.54) is 0 Å². The van der Waals surface area contributed by atoms with Gasteiger partial charge in [0, 0.05) is 28.9 Å². The van der Waals surface area contributed by atoms with Gasteiger partial charge in [-0.25, -0.2) is 0 Å². The van der Waals surface area contributed by atoms with Gasteiger partial charge in [0.05, 0.1) is 17.4 Å². The molecule has 0 bridgehead atoms. The molecule has 126 valence electrons. The lowest BCUT2D eigenvalue weighted by molar-refractivity contribution is -0.138. The maximum absolute atomic E-state index is 13.1. The number of hydrogen-bond donors (Lipinski definition) is 1. The Labute approximate surface area is 150 Å². The normalized spacial score (nSPS) is 22.9. The van der Waals surface area contributed by atoms with Crippen LogP contribution in [0.3, 0.4) is 0 Å². The Bertz CT molecular complexity index is 804. The van der Waals surface area contributed by atoms with E-state index in [0.717, 1.165) is 41.8 Å². The fraction of sp³-hybridized carbons (Fsp3) is 0.471. The number of nitrogens with one attached hydrogen (secondary N) is 1. The van der Waals surface area contributed by atoms with Gasteiger partial charge < -0.3 is 4.90 Å². The SMILES string of the molecule is CC1c2cc(Cl)cc(Cl)c2CCN1C(=O)C1CCc2n[nH]nc2C1. The number of carbonyl (C=O) groups is 1. The lowest BCUT2D eigenvalue weighted by atomic mass is 9.86. The smallest absolute Gasteiger partial charge is 0.226 e. The first-order chi connectivity index (χ1) is 11.5. The van der Waals surface area contributed by atoms with Crippen LogP contribution in [0.2, 0.25) is 10.0 Å². The first kappa shape index (κ1) is 15.9. The first-order valence-corrected chi connectivity index (χ1v) is 8.97. The Balaban J connectivity index is 1.58. The summed E-state index contributed by atoms with van der Waals surface area (Å²) < 4.78 is 0. The molecule has 1 aromatic carbocycles. The average molecular weight is 365 g/mol. The van der Waals surface area contributed by atoms with E-state index < -0.39 is 0 Å². The molecule has 1 aliphatic heterocycles. The second kappa shape index (κ2) is 6.05. The van der Waals surface area contributed by atoms with Crippen LogP contribution in [0.4, 0.5) is 0 Å². The third kappa shape index (κ3) is 2.60. The summed E-state index contributed by atoms with van der Waals surface area (Å²) in [6.45, 7) is 2.74. The van der Waals surface area contributed by atoms with Crippen LogP contribution in [0.5, 0.6) is 0 Å². The van der Waals surface area contributed by atoms with E-state index >= 15 is 0 Å². The Morgan fingerprint density at radius 3 is 2.88 bits per heavy atom. The third-order valence-corrected chi connectivity index (χ3v) is 5.78. The zero-order valence-electron chi connectivity index (χ0n) is 13.4. The number of halogens is 2. The maximum Gasteiger partial charge on any atom is 0.226 e. The monoisotopic (exact) mass is 364 g/mol. The highest BCUT2D eigenvalue weighted by Gasteiger charge is 2.35. The number of amides is 1. The van der Waals surface area contributed by atoms with Crippen molar-refractivity contribution in [1.29, 1.82) is 0 Å². The highest BCUT2D eigenvalue weighted by Crippen LogP contribution is 2.37. The van der Waals surface area contributed by atoms with Crippen molar-refractivity contribution < 1.29 is 4.79 Å². The molecule has 2 heterocycles. The van der Waals surface area contributed by atoms with Crippen LogP contribution in [-0.4, -0.2) is 32.8 Å². The largest absolute Gasteiger partial charge is 0.335 e. The van der Waals surface area contributed by atoms with Crippen LogP contribution in [0.1, 0.15) is 41.9 Å². The molecule has 1 amide bonds. The molecule has 4 rings (SSSR count). The van der Waals surface area contributed by atoms with Gasteiger partial charge in [0.1, 0.15) is 0 Å². The fourth-order valence-electron chi connectivity index (χ4n) is 3.88. The number of aryl methyl sites for hydroxylation is 1. The third-order valence-electron chi connectivity index (χ3n) is 5.22. The zero-order valence-corrected chi connectivity index (χ0v) is 14.9. The Hall–Kier alpha value is -1.59. The highest BCUT2D eigenvalue weighted by atomic mass is 35.5. The molecule has 0 fully saturated rings. The predicted molar refractivity (Wildman–Crippen MR) is 92.2 cm³/mol. The number of aromatic amines is 1. The number of aromatic nitrogens is 3. The number of rotatable bonds is 1. The van der Waals surface area contributed by atoms with E-state index in [4.69, 9.17) is 23.2 Å². The molecular formula is C17H18Cl2N4O. The molecule has 1 aromatic heterocycles. The lowest BCUT2D eigenvalue weighted by Crippen LogP contribution is -2.43. The number of hydrogen-bond acceptors (Lipinski definition) is 3. The average Bonchev–Trinajstić information content (AvgIpc) is 3.03.